The zero-order chi connectivity index (χ0) is 23.5. The summed E-state index contributed by atoms with van der Waals surface area (Å²) in [6, 6.07) is 13.8. The second kappa shape index (κ2) is 9.30. The Bertz CT molecular complexity index is 1250. The van der Waals surface area contributed by atoms with E-state index in [1.165, 1.54) is 18.3 Å². The number of hydrogen-bond acceptors (Lipinski definition) is 5. The summed E-state index contributed by atoms with van der Waals surface area (Å²) in [6.45, 7) is 2.27. The molecule has 5 rings (SSSR count). The lowest BCUT2D eigenvalue weighted by atomic mass is 9.85. The standard InChI is InChI=1S/C26H26FN5O2/c27-20-7-5-18(6-8-20)19-9-15-32(16-10-19)25(34)26(11-13-28-14-12-26)31-24(33)23-17-29-21-3-1-2-4-22(21)30-23/h1-9,17,28H,10-16H2,(H,31,33). The number of carbonyl (C=O) groups is 2. The van der Waals surface area contributed by atoms with E-state index in [2.05, 4.69) is 20.6 Å². The molecule has 0 radical (unpaired) electrons. The molecule has 1 aromatic heterocycles. The number of amides is 2. The molecule has 2 amide bonds. The summed E-state index contributed by atoms with van der Waals surface area (Å²) in [5.74, 6) is -0.741. The van der Waals surface area contributed by atoms with Crippen molar-refractivity contribution in [3.63, 3.8) is 0 Å². The topological polar surface area (TPSA) is 87.2 Å². The van der Waals surface area contributed by atoms with Crippen LogP contribution in [-0.2, 0) is 4.79 Å². The number of para-hydroxylation sites is 2. The molecule has 7 nitrogen and oxygen atoms in total. The summed E-state index contributed by atoms with van der Waals surface area (Å²) in [5.41, 5.74) is 2.62. The van der Waals surface area contributed by atoms with Crippen molar-refractivity contribution in [2.45, 2.75) is 24.8 Å². The Balaban J connectivity index is 1.34. The third-order valence-corrected chi connectivity index (χ3v) is 6.61. The fourth-order valence-electron chi connectivity index (χ4n) is 4.68. The maximum atomic E-state index is 13.7. The predicted octanol–water partition coefficient (Wildman–Crippen LogP) is 2.94. The zero-order valence-electron chi connectivity index (χ0n) is 18.8. The van der Waals surface area contributed by atoms with Crippen LogP contribution in [0.15, 0.2) is 60.8 Å². The highest BCUT2D eigenvalue weighted by molar-refractivity contribution is 5.99. The molecule has 34 heavy (non-hydrogen) atoms. The first kappa shape index (κ1) is 22.2. The molecule has 0 spiro atoms. The van der Waals surface area contributed by atoms with Gasteiger partial charge in [0.1, 0.15) is 17.1 Å². The van der Waals surface area contributed by atoms with Gasteiger partial charge in [-0.3, -0.25) is 14.6 Å². The molecule has 3 aromatic rings. The molecule has 3 heterocycles. The van der Waals surface area contributed by atoms with Crippen LogP contribution in [0.25, 0.3) is 16.6 Å². The van der Waals surface area contributed by atoms with Crippen molar-refractivity contribution in [2.24, 2.45) is 0 Å². The number of benzene rings is 2. The Morgan fingerprint density at radius 2 is 1.76 bits per heavy atom. The Hall–Kier alpha value is -3.65. The van der Waals surface area contributed by atoms with E-state index >= 15 is 0 Å². The molecule has 2 aliphatic heterocycles. The molecule has 2 aromatic carbocycles. The number of carbonyl (C=O) groups excluding carboxylic acids is 2. The van der Waals surface area contributed by atoms with Gasteiger partial charge in [-0.1, -0.05) is 30.3 Å². The van der Waals surface area contributed by atoms with Gasteiger partial charge in [-0.15, -0.1) is 0 Å². The number of halogens is 1. The fraction of sp³-hybridized carbons (Fsp3) is 0.308. The molecular formula is C26H26FN5O2. The van der Waals surface area contributed by atoms with Crippen LogP contribution in [0.1, 0.15) is 35.3 Å². The average Bonchev–Trinajstić information content (AvgIpc) is 2.89. The lowest BCUT2D eigenvalue weighted by Gasteiger charge is -2.41. The summed E-state index contributed by atoms with van der Waals surface area (Å²) in [5, 5.41) is 6.30. The van der Waals surface area contributed by atoms with Gasteiger partial charge in [0.05, 0.1) is 17.2 Å². The molecule has 0 bridgehead atoms. The van der Waals surface area contributed by atoms with Gasteiger partial charge in [0.15, 0.2) is 0 Å². The Labute approximate surface area is 197 Å². The van der Waals surface area contributed by atoms with Gasteiger partial charge in [-0.05, 0) is 67.8 Å². The Morgan fingerprint density at radius 1 is 1.03 bits per heavy atom. The first-order valence-corrected chi connectivity index (χ1v) is 11.5. The van der Waals surface area contributed by atoms with Crippen LogP contribution in [-0.4, -0.2) is 58.4 Å². The van der Waals surface area contributed by atoms with E-state index in [1.54, 1.807) is 17.0 Å². The second-order valence-electron chi connectivity index (χ2n) is 8.77. The average molecular weight is 460 g/mol. The largest absolute Gasteiger partial charge is 0.337 e. The molecule has 2 aliphatic rings. The van der Waals surface area contributed by atoms with Crippen molar-refractivity contribution in [2.75, 3.05) is 26.2 Å². The first-order valence-electron chi connectivity index (χ1n) is 11.5. The second-order valence-corrected chi connectivity index (χ2v) is 8.77. The van der Waals surface area contributed by atoms with Crippen molar-refractivity contribution < 1.29 is 14.0 Å². The van der Waals surface area contributed by atoms with E-state index in [9.17, 15) is 14.0 Å². The molecule has 0 atom stereocenters. The highest BCUT2D eigenvalue weighted by Crippen LogP contribution is 2.27. The maximum Gasteiger partial charge on any atom is 0.272 e. The molecule has 0 aliphatic carbocycles. The number of nitrogens with zero attached hydrogens (tertiary/aromatic N) is 3. The Morgan fingerprint density at radius 3 is 2.47 bits per heavy atom. The molecule has 2 N–H and O–H groups in total. The van der Waals surface area contributed by atoms with Crippen LogP contribution >= 0.6 is 0 Å². The van der Waals surface area contributed by atoms with Crippen molar-refractivity contribution in [3.05, 3.63) is 77.9 Å². The van der Waals surface area contributed by atoms with Gasteiger partial charge in [-0.25, -0.2) is 9.37 Å². The number of hydrogen-bond donors (Lipinski definition) is 2. The lowest BCUT2D eigenvalue weighted by molar-refractivity contribution is -0.138. The summed E-state index contributed by atoms with van der Waals surface area (Å²) in [6.07, 6.45) is 5.15. The predicted molar refractivity (Wildman–Crippen MR) is 127 cm³/mol. The van der Waals surface area contributed by atoms with Gasteiger partial charge >= 0.3 is 0 Å². The van der Waals surface area contributed by atoms with Gasteiger partial charge in [0.2, 0.25) is 5.91 Å². The number of fused-ring (bicyclic) bond motifs is 1. The number of piperidine rings is 1. The molecule has 8 heteroatoms. The van der Waals surface area contributed by atoms with Crippen LogP contribution in [0, 0.1) is 5.82 Å². The van der Waals surface area contributed by atoms with Crippen molar-refractivity contribution in [3.8, 4) is 0 Å². The third-order valence-electron chi connectivity index (χ3n) is 6.61. The molecule has 0 unspecified atom stereocenters. The smallest absolute Gasteiger partial charge is 0.272 e. The lowest BCUT2D eigenvalue weighted by Crippen LogP contribution is -2.64. The van der Waals surface area contributed by atoms with Crippen LogP contribution in [0.2, 0.25) is 0 Å². The number of nitrogens with one attached hydrogen (secondary N) is 2. The monoisotopic (exact) mass is 459 g/mol. The zero-order valence-corrected chi connectivity index (χ0v) is 18.8. The van der Waals surface area contributed by atoms with E-state index in [0.717, 1.165) is 11.1 Å². The minimum absolute atomic E-state index is 0.0782. The molecule has 174 valence electrons. The van der Waals surface area contributed by atoms with E-state index in [0.29, 0.717) is 56.5 Å². The minimum atomic E-state index is -0.989. The van der Waals surface area contributed by atoms with E-state index in [4.69, 9.17) is 0 Å². The third kappa shape index (κ3) is 4.41. The van der Waals surface area contributed by atoms with Gasteiger partial charge < -0.3 is 15.5 Å². The molecule has 1 fully saturated rings. The van der Waals surface area contributed by atoms with Crippen LogP contribution in [0.4, 0.5) is 4.39 Å². The number of aromatic nitrogens is 2. The maximum absolute atomic E-state index is 13.7. The highest BCUT2D eigenvalue weighted by atomic mass is 19.1. The minimum Gasteiger partial charge on any atom is -0.337 e. The summed E-state index contributed by atoms with van der Waals surface area (Å²) >= 11 is 0. The van der Waals surface area contributed by atoms with Crippen molar-refractivity contribution >= 4 is 28.4 Å². The summed E-state index contributed by atoms with van der Waals surface area (Å²) in [4.78, 5) is 37.4. The highest BCUT2D eigenvalue weighted by Gasteiger charge is 2.44. The van der Waals surface area contributed by atoms with E-state index < -0.39 is 11.4 Å². The molecule has 1 saturated heterocycles. The van der Waals surface area contributed by atoms with Gasteiger partial charge in [-0.2, -0.15) is 0 Å². The van der Waals surface area contributed by atoms with E-state index in [-0.39, 0.29) is 17.4 Å². The Kier molecular flexibility index (Phi) is 6.06. The normalized spacial score (nSPS) is 17.8. The van der Waals surface area contributed by atoms with Gasteiger partial charge in [0.25, 0.3) is 5.91 Å². The molecule has 0 saturated carbocycles. The fourth-order valence-corrected chi connectivity index (χ4v) is 4.68. The van der Waals surface area contributed by atoms with Crippen molar-refractivity contribution in [1.82, 2.24) is 25.5 Å². The van der Waals surface area contributed by atoms with E-state index in [1.807, 2.05) is 30.3 Å². The molecular weight excluding hydrogens is 433 g/mol. The van der Waals surface area contributed by atoms with Gasteiger partial charge in [0, 0.05) is 13.1 Å². The van der Waals surface area contributed by atoms with Crippen LogP contribution in [0.5, 0.6) is 0 Å². The SMILES string of the molecule is O=C(NC1(C(=O)N2CC=C(c3ccc(F)cc3)CC2)CCNCC1)c1cnc2ccccc2n1. The first-order chi connectivity index (χ1) is 16.5. The summed E-state index contributed by atoms with van der Waals surface area (Å²) in [7, 11) is 0. The van der Waals surface area contributed by atoms with Crippen LogP contribution in [0.3, 0.4) is 0 Å². The van der Waals surface area contributed by atoms with Crippen LogP contribution < -0.4 is 10.6 Å². The van der Waals surface area contributed by atoms with Crippen molar-refractivity contribution in [1.29, 1.82) is 0 Å². The quantitative estimate of drug-likeness (QED) is 0.627. The number of rotatable bonds is 4. The summed E-state index contributed by atoms with van der Waals surface area (Å²) < 4.78 is 13.3.